The van der Waals surface area contributed by atoms with Gasteiger partial charge in [-0.2, -0.15) is 0 Å². The Morgan fingerprint density at radius 1 is 1.03 bits per heavy atom. The first-order valence-electron chi connectivity index (χ1n) is 11.5. The molecule has 2 aromatic carbocycles. The van der Waals surface area contributed by atoms with E-state index in [-0.39, 0.29) is 11.8 Å². The molecule has 0 aliphatic carbocycles. The van der Waals surface area contributed by atoms with Crippen LogP contribution in [-0.4, -0.2) is 42.1 Å². The van der Waals surface area contributed by atoms with Gasteiger partial charge in [-0.25, -0.2) is 0 Å². The molecule has 0 atom stereocenters. The van der Waals surface area contributed by atoms with Crippen LogP contribution >= 0.6 is 11.6 Å². The second kappa shape index (κ2) is 10.2. The fourth-order valence-electron chi connectivity index (χ4n) is 4.45. The number of halogens is 1. The van der Waals surface area contributed by atoms with Crippen molar-refractivity contribution >= 4 is 34.1 Å². The molecule has 5 rings (SSSR count). The lowest BCUT2D eigenvalue weighted by Crippen LogP contribution is -2.30. The van der Waals surface area contributed by atoms with Gasteiger partial charge in [-0.3, -0.25) is 14.7 Å². The molecule has 0 radical (unpaired) electrons. The van der Waals surface area contributed by atoms with Crippen LogP contribution in [-0.2, 0) is 20.8 Å². The van der Waals surface area contributed by atoms with Crippen LogP contribution in [0, 0.1) is 5.92 Å². The molecule has 1 aromatic heterocycles. The number of fused-ring (bicyclic) bond motifs is 1. The molecule has 6 nitrogen and oxygen atoms in total. The Morgan fingerprint density at radius 2 is 1.79 bits per heavy atom. The number of likely N-dealkylation sites (tertiary alicyclic amines) is 1. The predicted octanol–water partition coefficient (Wildman–Crippen LogP) is 5.17. The molecule has 0 bridgehead atoms. The van der Waals surface area contributed by atoms with Gasteiger partial charge in [0.05, 0.1) is 24.4 Å². The number of carbonyl (C=O) groups excluding carboxylic acids is 1. The monoisotopic (exact) mass is 465 g/mol. The average Bonchev–Trinajstić information content (AvgIpc) is 3.33. The van der Waals surface area contributed by atoms with Crippen molar-refractivity contribution in [3.05, 3.63) is 70.9 Å². The molecule has 0 unspecified atom stereocenters. The van der Waals surface area contributed by atoms with Gasteiger partial charge in [0.2, 0.25) is 5.91 Å². The highest BCUT2D eigenvalue weighted by molar-refractivity contribution is 6.30. The third kappa shape index (κ3) is 5.71. The summed E-state index contributed by atoms with van der Waals surface area (Å²) in [5, 5.41) is 4.70. The summed E-state index contributed by atoms with van der Waals surface area (Å²) in [5.41, 5.74) is 3.75. The third-order valence-electron chi connectivity index (χ3n) is 6.20. The molecule has 2 fully saturated rings. The average molecular weight is 466 g/mol. The van der Waals surface area contributed by atoms with E-state index in [9.17, 15) is 4.79 Å². The van der Waals surface area contributed by atoms with E-state index in [4.69, 9.17) is 26.1 Å². The normalized spacial score (nSPS) is 21.4. The van der Waals surface area contributed by atoms with Gasteiger partial charge in [-0.05, 0) is 62.3 Å². The lowest BCUT2D eigenvalue weighted by Gasteiger charge is -2.29. The van der Waals surface area contributed by atoms with Crippen molar-refractivity contribution in [3.8, 4) is 0 Å². The lowest BCUT2D eigenvalue weighted by atomic mass is 10.1. The Kier molecular flexibility index (Phi) is 6.88. The van der Waals surface area contributed by atoms with E-state index in [0.29, 0.717) is 24.7 Å². The van der Waals surface area contributed by atoms with Crippen molar-refractivity contribution in [2.75, 3.05) is 31.6 Å². The number of benzene rings is 2. The summed E-state index contributed by atoms with van der Waals surface area (Å²) in [5.74, 6) is -0.0288. The van der Waals surface area contributed by atoms with E-state index < -0.39 is 6.29 Å². The molecule has 0 saturated carbocycles. The van der Waals surface area contributed by atoms with Crippen LogP contribution in [0.1, 0.15) is 36.8 Å². The molecule has 2 aliphatic rings. The molecule has 2 aliphatic heterocycles. The number of nitrogens with zero attached hydrogens (tertiary/aromatic N) is 2. The van der Waals surface area contributed by atoms with Crippen LogP contribution in [0.3, 0.4) is 0 Å². The highest BCUT2D eigenvalue weighted by Crippen LogP contribution is 2.27. The van der Waals surface area contributed by atoms with Gasteiger partial charge in [-0.1, -0.05) is 29.8 Å². The quantitative estimate of drug-likeness (QED) is 0.543. The van der Waals surface area contributed by atoms with Crippen molar-refractivity contribution in [1.82, 2.24) is 9.88 Å². The Labute approximate surface area is 198 Å². The van der Waals surface area contributed by atoms with E-state index in [0.717, 1.165) is 47.5 Å². The third-order valence-corrected chi connectivity index (χ3v) is 6.45. The number of pyridine rings is 1. The molecular formula is C26H28ClN3O3. The zero-order valence-electron chi connectivity index (χ0n) is 18.5. The van der Waals surface area contributed by atoms with Crippen LogP contribution in [0.15, 0.2) is 54.6 Å². The smallest absolute Gasteiger partial charge is 0.224 e. The van der Waals surface area contributed by atoms with E-state index >= 15 is 0 Å². The summed E-state index contributed by atoms with van der Waals surface area (Å²) in [4.78, 5) is 19.8. The first-order valence-corrected chi connectivity index (χ1v) is 11.9. The molecule has 1 N–H and O–H groups in total. The summed E-state index contributed by atoms with van der Waals surface area (Å²) in [6.45, 7) is 4.16. The number of aromatic nitrogens is 1. The lowest BCUT2D eigenvalue weighted by molar-refractivity contribution is -0.205. The summed E-state index contributed by atoms with van der Waals surface area (Å²) in [6, 6.07) is 17.5. The van der Waals surface area contributed by atoms with E-state index in [1.807, 2.05) is 42.5 Å². The van der Waals surface area contributed by atoms with Crippen LogP contribution in [0.4, 0.5) is 5.69 Å². The number of rotatable bonds is 6. The topological polar surface area (TPSA) is 63.7 Å². The molecule has 1 amide bonds. The minimum atomic E-state index is -0.412. The standard InChI is InChI=1S/C26H28ClN3O3/c27-21-6-3-19(4-7-21)26-32-16-18(17-33-26)13-25(31)29-22-9-10-24-20(14-22)5-8-23(28-24)15-30-11-1-2-12-30/h3-10,14,18,26H,1-2,11-13,15-17H2,(H,29,31). The Balaban J connectivity index is 1.13. The molecular weight excluding hydrogens is 438 g/mol. The molecule has 0 spiro atoms. The number of hydrogen-bond donors (Lipinski definition) is 1. The minimum absolute atomic E-state index is 0.0174. The van der Waals surface area contributed by atoms with E-state index in [1.165, 1.54) is 12.8 Å². The number of hydrogen-bond acceptors (Lipinski definition) is 5. The van der Waals surface area contributed by atoms with Gasteiger partial charge in [0.15, 0.2) is 6.29 Å². The van der Waals surface area contributed by atoms with E-state index in [1.54, 1.807) is 0 Å². The predicted molar refractivity (Wildman–Crippen MR) is 129 cm³/mol. The Bertz CT molecular complexity index is 1110. The molecule has 33 heavy (non-hydrogen) atoms. The number of nitrogens with one attached hydrogen (secondary N) is 1. The second-order valence-corrected chi connectivity index (χ2v) is 9.30. The fraction of sp³-hybridized carbons (Fsp3) is 0.385. The zero-order valence-corrected chi connectivity index (χ0v) is 19.3. The Morgan fingerprint density at radius 3 is 2.55 bits per heavy atom. The first kappa shape index (κ1) is 22.3. The second-order valence-electron chi connectivity index (χ2n) is 8.86. The van der Waals surface area contributed by atoms with Gasteiger partial charge in [-0.15, -0.1) is 0 Å². The number of amides is 1. The molecule has 172 valence electrons. The van der Waals surface area contributed by atoms with Gasteiger partial charge in [0.25, 0.3) is 0 Å². The van der Waals surface area contributed by atoms with Crippen molar-refractivity contribution in [3.63, 3.8) is 0 Å². The van der Waals surface area contributed by atoms with Crippen LogP contribution in [0.25, 0.3) is 10.9 Å². The summed E-state index contributed by atoms with van der Waals surface area (Å²) in [6.07, 6.45) is 2.49. The van der Waals surface area contributed by atoms with Crippen molar-refractivity contribution in [1.29, 1.82) is 0 Å². The van der Waals surface area contributed by atoms with Gasteiger partial charge in [0, 0.05) is 40.5 Å². The number of anilines is 1. The first-order chi connectivity index (χ1) is 16.1. The fourth-order valence-corrected chi connectivity index (χ4v) is 4.58. The Hall–Kier alpha value is -2.51. The SMILES string of the molecule is O=C(CC1COC(c2ccc(Cl)cc2)OC1)Nc1ccc2nc(CN3CCCC3)ccc2c1. The molecule has 7 heteroatoms. The highest BCUT2D eigenvalue weighted by Gasteiger charge is 2.25. The minimum Gasteiger partial charge on any atom is -0.348 e. The number of ether oxygens (including phenoxy) is 2. The molecule has 3 heterocycles. The van der Waals surface area contributed by atoms with E-state index in [2.05, 4.69) is 22.3 Å². The zero-order chi connectivity index (χ0) is 22.6. The van der Waals surface area contributed by atoms with Crippen LogP contribution in [0.2, 0.25) is 5.02 Å². The molecule has 3 aromatic rings. The highest BCUT2D eigenvalue weighted by atomic mass is 35.5. The maximum atomic E-state index is 12.6. The molecule has 2 saturated heterocycles. The van der Waals surface area contributed by atoms with Crippen molar-refractivity contribution in [2.24, 2.45) is 5.92 Å². The van der Waals surface area contributed by atoms with Gasteiger partial charge in [0.1, 0.15) is 0 Å². The maximum Gasteiger partial charge on any atom is 0.224 e. The maximum absolute atomic E-state index is 12.6. The van der Waals surface area contributed by atoms with Crippen LogP contribution < -0.4 is 5.32 Å². The summed E-state index contributed by atoms with van der Waals surface area (Å²) >= 11 is 5.94. The van der Waals surface area contributed by atoms with Crippen molar-refractivity contribution < 1.29 is 14.3 Å². The van der Waals surface area contributed by atoms with Gasteiger partial charge < -0.3 is 14.8 Å². The van der Waals surface area contributed by atoms with Crippen molar-refractivity contribution in [2.45, 2.75) is 32.1 Å². The van der Waals surface area contributed by atoms with Crippen LogP contribution in [0.5, 0.6) is 0 Å². The summed E-state index contributed by atoms with van der Waals surface area (Å²) < 4.78 is 11.7. The summed E-state index contributed by atoms with van der Waals surface area (Å²) in [7, 11) is 0. The largest absolute Gasteiger partial charge is 0.348 e. The van der Waals surface area contributed by atoms with Gasteiger partial charge >= 0.3 is 0 Å². The number of carbonyl (C=O) groups is 1.